The Kier molecular flexibility index (Phi) is 4.17. The number of hydrogen-bond donors (Lipinski definition) is 2. The highest BCUT2D eigenvalue weighted by molar-refractivity contribution is 7.11. The maximum Gasteiger partial charge on any atom is 0.123 e. The molecule has 0 bridgehead atoms. The summed E-state index contributed by atoms with van der Waals surface area (Å²) >= 11 is 1.65. The third-order valence-electron chi connectivity index (χ3n) is 2.97. The molecule has 0 saturated heterocycles. The molecule has 0 radical (unpaired) electrons. The fourth-order valence-electron chi connectivity index (χ4n) is 2.00. The van der Waals surface area contributed by atoms with E-state index in [-0.39, 0.29) is 17.6 Å². The molecule has 2 N–H and O–H groups in total. The summed E-state index contributed by atoms with van der Waals surface area (Å²) in [5, 5.41) is 14.0. The molecule has 0 aliphatic heterocycles. The first-order chi connectivity index (χ1) is 8.97. The van der Waals surface area contributed by atoms with Crippen LogP contribution >= 0.6 is 11.3 Å². The highest BCUT2D eigenvalue weighted by Crippen LogP contribution is 2.25. The highest BCUT2D eigenvalue weighted by Gasteiger charge is 2.13. The molecular weight excluding hydrogens is 263 g/mol. The summed E-state index contributed by atoms with van der Waals surface area (Å²) in [6, 6.07) is 4.09. The molecule has 0 spiro atoms. The zero-order chi connectivity index (χ0) is 14.0. The minimum atomic E-state index is -0.341. The van der Waals surface area contributed by atoms with Crippen LogP contribution in [0.15, 0.2) is 18.2 Å². The smallest absolute Gasteiger partial charge is 0.123 e. The monoisotopic (exact) mass is 280 g/mol. The van der Waals surface area contributed by atoms with Gasteiger partial charge in [-0.15, -0.1) is 11.3 Å². The van der Waals surface area contributed by atoms with Crippen LogP contribution in [0.4, 0.5) is 4.39 Å². The van der Waals surface area contributed by atoms with E-state index in [0.717, 1.165) is 10.7 Å². The minimum absolute atomic E-state index is 0.110. The largest absolute Gasteiger partial charge is 0.508 e. The topological polar surface area (TPSA) is 45.2 Å². The molecule has 5 heteroatoms. The lowest BCUT2D eigenvalue weighted by Crippen LogP contribution is -2.18. The van der Waals surface area contributed by atoms with Gasteiger partial charge in [0.25, 0.3) is 0 Å². The van der Waals surface area contributed by atoms with E-state index in [1.54, 1.807) is 11.3 Å². The van der Waals surface area contributed by atoms with E-state index in [1.807, 2.05) is 20.8 Å². The van der Waals surface area contributed by atoms with Crippen molar-refractivity contribution >= 4 is 11.3 Å². The van der Waals surface area contributed by atoms with Crippen LogP contribution in [0.2, 0.25) is 0 Å². The first-order valence-corrected chi connectivity index (χ1v) is 6.93. The van der Waals surface area contributed by atoms with Gasteiger partial charge in [0.05, 0.1) is 10.7 Å². The summed E-state index contributed by atoms with van der Waals surface area (Å²) in [6.45, 7) is 6.42. The Bertz CT molecular complexity index is 583. The normalized spacial score (nSPS) is 12.6. The third kappa shape index (κ3) is 3.30. The Morgan fingerprint density at radius 2 is 2.16 bits per heavy atom. The molecule has 1 aromatic carbocycles. The van der Waals surface area contributed by atoms with E-state index < -0.39 is 0 Å². The number of nitrogens with zero attached hydrogens (tertiary/aromatic N) is 1. The second-order valence-corrected chi connectivity index (χ2v) is 5.79. The van der Waals surface area contributed by atoms with Gasteiger partial charge in [0.2, 0.25) is 0 Å². The van der Waals surface area contributed by atoms with E-state index in [2.05, 4.69) is 10.3 Å². The van der Waals surface area contributed by atoms with Gasteiger partial charge in [-0.05, 0) is 39.0 Å². The number of benzene rings is 1. The molecule has 1 atom stereocenters. The van der Waals surface area contributed by atoms with Crippen LogP contribution in [-0.2, 0) is 6.54 Å². The molecule has 1 unspecified atom stereocenters. The number of thiazole rings is 1. The van der Waals surface area contributed by atoms with Crippen LogP contribution in [0.3, 0.4) is 0 Å². The second kappa shape index (κ2) is 5.67. The lowest BCUT2D eigenvalue weighted by Gasteiger charge is -2.13. The molecular formula is C14H17FN2OS. The van der Waals surface area contributed by atoms with Crippen molar-refractivity contribution in [3.05, 3.63) is 45.2 Å². The molecule has 2 aromatic rings. The van der Waals surface area contributed by atoms with E-state index in [0.29, 0.717) is 12.1 Å². The van der Waals surface area contributed by atoms with Crippen LogP contribution in [0.25, 0.3) is 0 Å². The van der Waals surface area contributed by atoms with Crippen molar-refractivity contribution in [2.24, 2.45) is 0 Å². The van der Waals surface area contributed by atoms with Crippen molar-refractivity contribution in [3.8, 4) is 5.75 Å². The van der Waals surface area contributed by atoms with Gasteiger partial charge < -0.3 is 10.4 Å². The SMILES string of the molecule is Cc1nc(C)c(C(C)NCc2cc(F)ccc2O)s1. The van der Waals surface area contributed by atoms with Crippen molar-refractivity contribution in [1.29, 1.82) is 0 Å². The molecule has 0 saturated carbocycles. The first kappa shape index (κ1) is 14.0. The maximum absolute atomic E-state index is 13.1. The molecule has 19 heavy (non-hydrogen) atoms. The summed E-state index contributed by atoms with van der Waals surface area (Å²) in [5.41, 5.74) is 1.58. The van der Waals surface area contributed by atoms with Crippen LogP contribution in [0.1, 0.15) is 34.1 Å². The highest BCUT2D eigenvalue weighted by atomic mass is 32.1. The number of nitrogens with one attached hydrogen (secondary N) is 1. The van der Waals surface area contributed by atoms with Crippen molar-refractivity contribution in [3.63, 3.8) is 0 Å². The van der Waals surface area contributed by atoms with Crippen molar-refractivity contribution in [2.75, 3.05) is 0 Å². The van der Waals surface area contributed by atoms with Crippen molar-refractivity contribution in [2.45, 2.75) is 33.4 Å². The lowest BCUT2D eigenvalue weighted by atomic mass is 10.1. The summed E-state index contributed by atoms with van der Waals surface area (Å²) < 4.78 is 13.1. The number of halogens is 1. The van der Waals surface area contributed by atoms with Gasteiger partial charge in [0.15, 0.2) is 0 Å². The molecule has 3 nitrogen and oxygen atoms in total. The van der Waals surface area contributed by atoms with Crippen LogP contribution in [0.5, 0.6) is 5.75 Å². The minimum Gasteiger partial charge on any atom is -0.508 e. The Morgan fingerprint density at radius 1 is 1.42 bits per heavy atom. The van der Waals surface area contributed by atoms with Gasteiger partial charge in [-0.1, -0.05) is 0 Å². The summed E-state index contributed by atoms with van der Waals surface area (Å²) in [5.74, 6) is -0.231. The standard InChI is InChI=1S/C14H17FN2OS/c1-8(14-9(2)17-10(3)19-14)16-7-11-6-12(15)4-5-13(11)18/h4-6,8,16,18H,7H2,1-3H3. The number of aryl methyl sites for hydroxylation is 2. The number of rotatable bonds is 4. The fraction of sp³-hybridized carbons (Fsp3) is 0.357. The Labute approximate surface area is 116 Å². The van der Waals surface area contributed by atoms with Crippen LogP contribution in [0, 0.1) is 19.7 Å². The Morgan fingerprint density at radius 3 is 2.79 bits per heavy atom. The molecule has 1 aromatic heterocycles. The lowest BCUT2D eigenvalue weighted by molar-refractivity contribution is 0.457. The fourth-order valence-corrected chi connectivity index (χ4v) is 2.95. The van der Waals surface area contributed by atoms with Gasteiger partial charge in [0.1, 0.15) is 11.6 Å². The van der Waals surface area contributed by atoms with E-state index in [1.165, 1.54) is 23.1 Å². The molecule has 2 rings (SSSR count). The molecule has 102 valence electrons. The van der Waals surface area contributed by atoms with E-state index >= 15 is 0 Å². The zero-order valence-electron chi connectivity index (χ0n) is 11.2. The van der Waals surface area contributed by atoms with E-state index in [9.17, 15) is 9.50 Å². The van der Waals surface area contributed by atoms with Gasteiger partial charge in [-0.3, -0.25) is 0 Å². The number of phenolic OH excluding ortho intramolecular Hbond substituents is 1. The molecule has 0 aliphatic rings. The second-order valence-electron chi connectivity index (χ2n) is 4.56. The van der Waals surface area contributed by atoms with Gasteiger partial charge >= 0.3 is 0 Å². The first-order valence-electron chi connectivity index (χ1n) is 6.12. The Hall–Kier alpha value is -1.46. The van der Waals surface area contributed by atoms with Crippen LogP contribution in [-0.4, -0.2) is 10.1 Å². The van der Waals surface area contributed by atoms with Gasteiger partial charge in [-0.2, -0.15) is 0 Å². The Balaban J connectivity index is 2.06. The number of aromatic nitrogens is 1. The number of phenols is 1. The van der Waals surface area contributed by atoms with Gasteiger partial charge in [-0.25, -0.2) is 9.37 Å². The predicted octanol–water partition coefficient (Wildman–Crippen LogP) is 3.46. The number of hydrogen-bond acceptors (Lipinski definition) is 4. The zero-order valence-corrected chi connectivity index (χ0v) is 12.0. The molecule has 1 heterocycles. The average molecular weight is 280 g/mol. The quantitative estimate of drug-likeness (QED) is 0.901. The van der Waals surface area contributed by atoms with Crippen molar-refractivity contribution < 1.29 is 9.50 Å². The summed E-state index contributed by atoms with van der Waals surface area (Å²) in [4.78, 5) is 5.56. The van der Waals surface area contributed by atoms with Crippen LogP contribution < -0.4 is 5.32 Å². The van der Waals surface area contributed by atoms with E-state index in [4.69, 9.17) is 0 Å². The molecule has 0 aliphatic carbocycles. The summed E-state index contributed by atoms with van der Waals surface area (Å²) in [6.07, 6.45) is 0. The average Bonchev–Trinajstić information content (AvgIpc) is 2.69. The van der Waals surface area contributed by atoms with Crippen molar-refractivity contribution in [1.82, 2.24) is 10.3 Å². The molecule has 0 amide bonds. The number of aromatic hydroxyl groups is 1. The summed E-state index contributed by atoms with van der Waals surface area (Å²) in [7, 11) is 0. The van der Waals surface area contributed by atoms with Gasteiger partial charge in [0, 0.05) is 23.0 Å². The molecule has 0 fully saturated rings. The maximum atomic E-state index is 13.1. The predicted molar refractivity (Wildman–Crippen MR) is 74.9 cm³/mol. The third-order valence-corrected chi connectivity index (χ3v) is 4.23.